The molecular formula is C32H31FN6O4S. The van der Waals surface area contributed by atoms with E-state index in [-0.39, 0.29) is 11.7 Å². The van der Waals surface area contributed by atoms with Crippen LogP contribution in [0.25, 0.3) is 21.1 Å². The maximum absolute atomic E-state index is 14.9. The fraction of sp³-hybridized carbons (Fsp3) is 0.250. The molecule has 0 spiro atoms. The number of likely N-dealkylation sites (tertiary alicyclic amines) is 1. The van der Waals surface area contributed by atoms with Gasteiger partial charge in [0.25, 0.3) is 5.91 Å². The van der Waals surface area contributed by atoms with Crippen LogP contribution in [-0.4, -0.2) is 59.6 Å². The van der Waals surface area contributed by atoms with Crippen LogP contribution in [0.4, 0.5) is 21.6 Å². The Morgan fingerprint density at radius 2 is 1.84 bits per heavy atom. The van der Waals surface area contributed by atoms with Crippen molar-refractivity contribution in [1.82, 2.24) is 19.9 Å². The summed E-state index contributed by atoms with van der Waals surface area (Å²) < 4.78 is 33.3. The SMILES string of the molecule is COc1cc2ncnc(Nc3cc(C)c(Oc4ccc5ncsc5c4)cc3OC)c2cc1NC(=O)/C(F)=C\[C@H]1CCCN1C. The highest BCUT2D eigenvalue weighted by atomic mass is 32.1. The molecule has 1 saturated heterocycles. The predicted molar refractivity (Wildman–Crippen MR) is 170 cm³/mol. The molecule has 2 aromatic heterocycles. The van der Waals surface area contributed by atoms with Crippen LogP contribution in [0.1, 0.15) is 18.4 Å². The lowest BCUT2D eigenvalue weighted by Crippen LogP contribution is -2.24. The van der Waals surface area contributed by atoms with Crippen LogP contribution >= 0.6 is 11.3 Å². The highest BCUT2D eigenvalue weighted by Gasteiger charge is 2.22. The first kappa shape index (κ1) is 29.3. The molecule has 2 N–H and O–H groups in total. The van der Waals surface area contributed by atoms with Crippen molar-refractivity contribution in [2.75, 3.05) is 38.4 Å². The third-order valence-electron chi connectivity index (χ3n) is 7.62. The Bertz CT molecular complexity index is 1890. The first-order chi connectivity index (χ1) is 21.3. The van der Waals surface area contributed by atoms with Crippen LogP contribution in [-0.2, 0) is 4.79 Å². The number of hydrogen-bond donors (Lipinski definition) is 2. The summed E-state index contributed by atoms with van der Waals surface area (Å²) in [7, 11) is 4.97. The average Bonchev–Trinajstić information content (AvgIpc) is 3.66. The predicted octanol–water partition coefficient (Wildman–Crippen LogP) is 6.99. The van der Waals surface area contributed by atoms with Crippen molar-refractivity contribution in [3.63, 3.8) is 0 Å². The van der Waals surface area contributed by atoms with Gasteiger partial charge in [-0.1, -0.05) is 0 Å². The maximum atomic E-state index is 14.9. The minimum absolute atomic E-state index is 0.110. The lowest BCUT2D eigenvalue weighted by atomic mass is 10.1. The lowest BCUT2D eigenvalue weighted by molar-refractivity contribution is -0.114. The van der Waals surface area contributed by atoms with Gasteiger partial charge in [0.2, 0.25) is 0 Å². The van der Waals surface area contributed by atoms with Crippen molar-refractivity contribution < 1.29 is 23.4 Å². The summed E-state index contributed by atoms with van der Waals surface area (Å²) in [6.07, 6.45) is 4.56. The van der Waals surface area contributed by atoms with Crippen molar-refractivity contribution in [3.05, 3.63) is 71.8 Å². The number of carbonyl (C=O) groups excluding carboxylic acids is 1. The van der Waals surface area contributed by atoms with Gasteiger partial charge in [0.05, 0.1) is 46.8 Å². The zero-order valence-electron chi connectivity index (χ0n) is 24.7. The number of halogens is 1. The second kappa shape index (κ2) is 12.4. The summed E-state index contributed by atoms with van der Waals surface area (Å²) in [5.41, 5.74) is 5.09. The van der Waals surface area contributed by atoms with Crippen molar-refractivity contribution >= 4 is 55.6 Å². The number of amides is 1. The number of anilines is 3. The van der Waals surface area contributed by atoms with Gasteiger partial charge >= 0.3 is 0 Å². The van der Waals surface area contributed by atoms with E-state index in [2.05, 4.69) is 25.6 Å². The summed E-state index contributed by atoms with van der Waals surface area (Å²) in [5.74, 6) is 0.963. The van der Waals surface area contributed by atoms with Gasteiger partial charge in [-0.3, -0.25) is 9.69 Å². The zero-order valence-corrected chi connectivity index (χ0v) is 25.5. The van der Waals surface area contributed by atoms with Gasteiger partial charge < -0.3 is 24.8 Å². The third kappa shape index (κ3) is 5.99. The molecule has 1 aliphatic heterocycles. The molecule has 6 rings (SSSR count). The average molecular weight is 615 g/mol. The summed E-state index contributed by atoms with van der Waals surface area (Å²) in [6.45, 7) is 2.81. The lowest BCUT2D eigenvalue weighted by Gasteiger charge is -2.17. The molecule has 5 aromatic rings. The van der Waals surface area contributed by atoms with Crippen LogP contribution < -0.4 is 24.8 Å². The van der Waals surface area contributed by atoms with E-state index in [1.54, 1.807) is 36.1 Å². The number of nitrogens with one attached hydrogen (secondary N) is 2. The summed E-state index contributed by atoms with van der Waals surface area (Å²) in [6, 6.07) is 12.7. The molecule has 0 aliphatic carbocycles. The molecular weight excluding hydrogens is 583 g/mol. The number of nitrogens with zero attached hydrogens (tertiary/aromatic N) is 4. The first-order valence-electron chi connectivity index (χ1n) is 14.0. The molecule has 1 aliphatic rings. The van der Waals surface area contributed by atoms with E-state index in [9.17, 15) is 9.18 Å². The highest BCUT2D eigenvalue weighted by molar-refractivity contribution is 7.16. The number of fused-ring (bicyclic) bond motifs is 2. The first-order valence-corrected chi connectivity index (χ1v) is 14.9. The van der Waals surface area contributed by atoms with E-state index < -0.39 is 11.7 Å². The Kier molecular flexibility index (Phi) is 8.27. The number of aromatic nitrogens is 3. The minimum atomic E-state index is -0.850. The fourth-order valence-electron chi connectivity index (χ4n) is 5.22. The Morgan fingerprint density at radius 3 is 2.61 bits per heavy atom. The second-order valence-electron chi connectivity index (χ2n) is 10.5. The number of hydrogen-bond acceptors (Lipinski definition) is 10. The largest absolute Gasteiger partial charge is 0.494 e. The van der Waals surface area contributed by atoms with Crippen molar-refractivity contribution in [3.8, 4) is 23.0 Å². The number of thiazole rings is 1. The smallest absolute Gasteiger partial charge is 0.284 e. The molecule has 0 radical (unpaired) electrons. The van der Waals surface area contributed by atoms with E-state index in [4.69, 9.17) is 14.2 Å². The molecule has 3 aromatic carbocycles. The monoisotopic (exact) mass is 614 g/mol. The second-order valence-corrected chi connectivity index (χ2v) is 11.4. The highest BCUT2D eigenvalue weighted by Crippen LogP contribution is 2.39. The number of likely N-dealkylation sites (N-methyl/N-ethyl adjacent to an activating group) is 1. The number of ether oxygens (including phenoxy) is 3. The quantitative estimate of drug-likeness (QED) is 0.170. The fourth-order valence-corrected chi connectivity index (χ4v) is 5.93. The van der Waals surface area contributed by atoms with Crippen molar-refractivity contribution in [1.29, 1.82) is 0 Å². The number of carbonyl (C=O) groups is 1. The van der Waals surface area contributed by atoms with Gasteiger partial charge in [-0.25, -0.2) is 19.3 Å². The molecule has 0 bridgehead atoms. The van der Waals surface area contributed by atoms with Crippen molar-refractivity contribution in [2.45, 2.75) is 25.8 Å². The van der Waals surface area contributed by atoms with Crippen LogP contribution in [0.2, 0.25) is 0 Å². The van der Waals surface area contributed by atoms with Crippen LogP contribution in [0, 0.1) is 6.92 Å². The molecule has 12 heteroatoms. The standard InChI is InChI=1S/C32H31FN6O4S/c1-18-10-25(29(42-4)15-27(18)43-20-7-8-23-30(12-20)44-17-36-23)37-31-21-13-26(28(41-3)14-24(21)34-16-35-31)38-32(40)22(33)11-19-6-5-9-39(19)2/h7-8,10-17,19H,5-6,9H2,1-4H3,(H,38,40)(H,34,35,37)/b22-11+/t19-/m1/s1. The molecule has 0 saturated carbocycles. The number of benzene rings is 3. The van der Waals surface area contributed by atoms with Gasteiger partial charge in [0, 0.05) is 29.6 Å². The van der Waals surface area contributed by atoms with E-state index >= 15 is 0 Å². The topological polar surface area (TPSA) is 111 Å². The molecule has 1 fully saturated rings. The van der Waals surface area contributed by atoms with Crippen LogP contribution in [0.5, 0.6) is 23.0 Å². The number of aryl methyl sites for hydroxylation is 1. The van der Waals surface area contributed by atoms with Crippen LogP contribution in [0.3, 0.4) is 0 Å². The molecule has 1 atom stereocenters. The zero-order chi connectivity index (χ0) is 30.8. The van der Waals surface area contributed by atoms with Gasteiger partial charge in [-0.15, -0.1) is 11.3 Å². The van der Waals surface area contributed by atoms with Gasteiger partial charge in [0.15, 0.2) is 5.83 Å². The van der Waals surface area contributed by atoms with Crippen molar-refractivity contribution in [2.24, 2.45) is 0 Å². The Morgan fingerprint density at radius 1 is 1.02 bits per heavy atom. The molecule has 10 nitrogen and oxygen atoms in total. The molecule has 0 unspecified atom stereocenters. The summed E-state index contributed by atoms with van der Waals surface area (Å²) in [5, 5.41) is 6.57. The number of methoxy groups -OCH3 is 2. The number of rotatable bonds is 9. The van der Waals surface area contributed by atoms with E-state index in [1.165, 1.54) is 19.5 Å². The maximum Gasteiger partial charge on any atom is 0.284 e. The Labute approximate surface area is 257 Å². The summed E-state index contributed by atoms with van der Waals surface area (Å²) in [4.78, 5) is 28.0. The Hall–Kier alpha value is -4.81. The van der Waals surface area contributed by atoms with E-state index in [0.717, 1.165) is 35.2 Å². The van der Waals surface area contributed by atoms with Gasteiger partial charge in [-0.05, 0) is 69.3 Å². The van der Waals surface area contributed by atoms with Crippen LogP contribution in [0.15, 0.2) is 66.2 Å². The minimum Gasteiger partial charge on any atom is -0.494 e. The summed E-state index contributed by atoms with van der Waals surface area (Å²) >= 11 is 1.55. The Balaban J connectivity index is 1.28. The van der Waals surface area contributed by atoms with Gasteiger partial charge in [0.1, 0.15) is 35.1 Å². The van der Waals surface area contributed by atoms with Gasteiger partial charge in [-0.2, -0.15) is 0 Å². The molecule has 1 amide bonds. The normalized spacial score (nSPS) is 15.5. The van der Waals surface area contributed by atoms with E-state index in [1.807, 2.05) is 49.2 Å². The molecule has 226 valence electrons. The molecule has 44 heavy (non-hydrogen) atoms. The molecule has 3 heterocycles. The third-order valence-corrected chi connectivity index (χ3v) is 8.41. The van der Waals surface area contributed by atoms with E-state index in [0.29, 0.717) is 45.4 Å².